The maximum Gasteiger partial charge on any atom is 0.234 e. The highest BCUT2D eigenvalue weighted by Gasteiger charge is 2.20. The standard InChI is InChI=1S/C10H19N3O2.ClH/c1-2-3-12-10(14)8-13-4-5-15-9(6-11)7-13;/h2,9H,1,3-8,11H2,(H,12,14);1H. The summed E-state index contributed by atoms with van der Waals surface area (Å²) >= 11 is 0. The summed E-state index contributed by atoms with van der Waals surface area (Å²) in [6, 6.07) is 0. The Bertz CT molecular complexity index is 226. The maximum atomic E-state index is 11.4. The van der Waals surface area contributed by atoms with Crippen LogP contribution in [-0.2, 0) is 9.53 Å². The minimum Gasteiger partial charge on any atom is -0.374 e. The molecule has 0 aromatic carbocycles. The van der Waals surface area contributed by atoms with Gasteiger partial charge in [0.25, 0.3) is 0 Å². The van der Waals surface area contributed by atoms with E-state index >= 15 is 0 Å². The minimum atomic E-state index is 0. The lowest BCUT2D eigenvalue weighted by molar-refractivity contribution is -0.123. The zero-order valence-corrected chi connectivity index (χ0v) is 10.2. The van der Waals surface area contributed by atoms with Gasteiger partial charge in [0, 0.05) is 26.2 Å². The van der Waals surface area contributed by atoms with E-state index in [4.69, 9.17) is 10.5 Å². The molecule has 16 heavy (non-hydrogen) atoms. The molecule has 0 bridgehead atoms. The van der Waals surface area contributed by atoms with Crippen molar-refractivity contribution in [1.29, 1.82) is 0 Å². The molecule has 0 saturated carbocycles. The number of ether oxygens (including phenoxy) is 1. The van der Waals surface area contributed by atoms with Gasteiger partial charge in [-0.3, -0.25) is 9.69 Å². The van der Waals surface area contributed by atoms with Crippen LogP contribution in [0.4, 0.5) is 0 Å². The van der Waals surface area contributed by atoms with Gasteiger partial charge in [-0.2, -0.15) is 0 Å². The summed E-state index contributed by atoms with van der Waals surface area (Å²) in [4.78, 5) is 13.4. The Morgan fingerprint density at radius 1 is 1.69 bits per heavy atom. The van der Waals surface area contributed by atoms with E-state index in [0.29, 0.717) is 26.2 Å². The fourth-order valence-electron chi connectivity index (χ4n) is 1.51. The molecule has 1 aliphatic rings. The molecular weight excluding hydrogens is 230 g/mol. The second-order valence-corrected chi connectivity index (χ2v) is 3.56. The van der Waals surface area contributed by atoms with Crippen molar-refractivity contribution < 1.29 is 9.53 Å². The second kappa shape index (κ2) is 8.52. The monoisotopic (exact) mass is 249 g/mol. The van der Waals surface area contributed by atoms with Crippen molar-refractivity contribution in [2.45, 2.75) is 6.10 Å². The van der Waals surface area contributed by atoms with E-state index in [1.54, 1.807) is 6.08 Å². The van der Waals surface area contributed by atoms with E-state index in [-0.39, 0.29) is 24.4 Å². The lowest BCUT2D eigenvalue weighted by Gasteiger charge is -2.31. The topological polar surface area (TPSA) is 67.6 Å². The third-order valence-corrected chi connectivity index (χ3v) is 2.30. The van der Waals surface area contributed by atoms with Crippen LogP contribution in [0.3, 0.4) is 0 Å². The number of amides is 1. The van der Waals surface area contributed by atoms with Crippen LogP contribution >= 0.6 is 12.4 Å². The summed E-state index contributed by atoms with van der Waals surface area (Å²) < 4.78 is 5.41. The van der Waals surface area contributed by atoms with Gasteiger partial charge >= 0.3 is 0 Å². The molecule has 1 aliphatic heterocycles. The van der Waals surface area contributed by atoms with Crippen molar-refractivity contribution in [3.63, 3.8) is 0 Å². The van der Waals surface area contributed by atoms with Crippen LogP contribution < -0.4 is 11.1 Å². The first-order valence-electron chi connectivity index (χ1n) is 5.18. The Kier molecular flexibility index (Phi) is 8.19. The van der Waals surface area contributed by atoms with Gasteiger partial charge in [-0.15, -0.1) is 19.0 Å². The normalized spacial score (nSPS) is 20.9. The van der Waals surface area contributed by atoms with E-state index in [0.717, 1.165) is 13.1 Å². The summed E-state index contributed by atoms with van der Waals surface area (Å²) in [5, 5.41) is 2.74. The number of nitrogens with two attached hydrogens (primary N) is 1. The summed E-state index contributed by atoms with van der Waals surface area (Å²) in [6.45, 7) is 7.15. The maximum absolute atomic E-state index is 11.4. The fourth-order valence-corrected chi connectivity index (χ4v) is 1.51. The molecule has 1 rings (SSSR count). The SMILES string of the molecule is C=CCNC(=O)CN1CCOC(CN)C1.Cl. The van der Waals surface area contributed by atoms with E-state index in [1.807, 2.05) is 0 Å². The summed E-state index contributed by atoms with van der Waals surface area (Å²) in [7, 11) is 0. The molecule has 0 aromatic rings. The highest BCUT2D eigenvalue weighted by Crippen LogP contribution is 2.02. The van der Waals surface area contributed by atoms with E-state index in [2.05, 4.69) is 16.8 Å². The Morgan fingerprint density at radius 3 is 3.06 bits per heavy atom. The van der Waals surface area contributed by atoms with Crippen molar-refractivity contribution in [2.75, 3.05) is 39.3 Å². The zero-order valence-electron chi connectivity index (χ0n) is 9.35. The third kappa shape index (κ3) is 5.46. The lowest BCUT2D eigenvalue weighted by Crippen LogP contribution is -2.49. The van der Waals surface area contributed by atoms with Crippen molar-refractivity contribution in [1.82, 2.24) is 10.2 Å². The molecule has 94 valence electrons. The number of rotatable bonds is 5. The molecule has 1 saturated heterocycles. The average molecular weight is 250 g/mol. The Labute approximate surface area is 102 Å². The largest absolute Gasteiger partial charge is 0.374 e. The van der Waals surface area contributed by atoms with Gasteiger partial charge in [-0.1, -0.05) is 6.08 Å². The lowest BCUT2D eigenvalue weighted by atomic mass is 10.2. The predicted octanol–water partition coefficient (Wildman–Crippen LogP) is -0.630. The molecule has 6 heteroatoms. The van der Waals surface area contributed by atoms with Crippen molar-refractivity contribution in [2.24, 2.45) is 5.73 Å². The molecule has 0 aromatic heterocycles. The van der Waals surface area contributed by atoms with Crippen LogP contribution in [0, 0.1) is 0 Å². The molecule has 0 spiro atoms. The number of morpholine rings is 1. The molecule has 0 aliphatic carbocycles. The first-order valence-corrected chi connectivity index (χ1v) is 5.18. The molecule has 1 atom stereocenters. The number of nitrogens with zero attached hydrogens (tertiary/aromatic N) is 1. The molecule has 1 amide bonds. The van der Waals surface area contributed by atoms with Gasteiger partial charge < -0.3 is 15.8 Å². The second-order valence-electron chi connectivity index (χ2n) is 3.56. The van der Waals surface area contributed by atoms with Gasteiger partial charge in [0.1, 0.15) is 0 Å². The van der Waals surface area contributed by atoms with E-state index < -0.39 is 0 Å². The Morgan fingerprint density at radius 2 is 2.44 bits per heavy atom. The molecule has 3 N–H and O–H groups in total. The minimum absolute atomic E-state index is 0. The molecule has 1 heterocycles. The molecule has 1 fully saturated rings. The first kappa shape index (κ1) is 15.4. The van der Waals surface area contributed by atoms with Gasteiger partial charge in [-0.25, -0.2) is 0 Å². The van der Waals surface area contributed by atoms with Gasteiger partial charge in [-0.05, 0) is 0 Å². The highest BCUT2D eigenvalue weighted by molar-refractivity contribution is 5.85. The molecule has 5 nitrogen and oxygen atoms in total. The van der Waals surface area contributed by atoms with Gasteiger partial charge in [0.2, 0.25) is 5.91 Å². The number of hydrogen-bond acceptors (Lipinski definition) is 4. The zero-order chi connectivity index (χ0) is 11.1. The smallest absolute Gasteiger partial charge is 0.234 e. The molecule has 1 unspecified atom stereocenters. The summed E-state index contributed by atoms with van der Waals surface area (Å²) in [6.07, 6.45) is 1.73. The van der Waals surface area contributed by atoms with Crippen molar-refractivity contribution >= 4 is 18.3 Å². The molecule has 0 radical (unpaired) electrons. The Hall–Kier alpha value is -0.620. The first-order chi connectivity index (χ1) is 7.26. The molecular formula is C10H20ClN3O2. The van der Waals surface area contributed by atoms with Gasteiger partial charge in [0.05, 0.1) is 19.3 Å². The van der Waals surface area contributed by atoms with Crippen LogP contribution in [0.25, 0.3) is 0 Å². The number of carbonyl (C=O) groups excluding carboxylic acids is 1. The van der Waals surface area contributed by atoms with Crippen LogP contribution in [0.1, 0.15) is 0 Å². The van der Waals surface area contributed by atoms with Crippen molar-refractivity contribution in [3.05, 3.63) is 12.7 Å². The van der Waals surface area contributed by atoms with E-state index in [9.17, 15) is 4.79 Å². The van der Waals surface area contributed by atoms with Gasteiger partial charge in [0.15, 0.2) is 0 Å². The number of hydrogen-bond donors (Lipinski definition) is 2. The quantitative estimate of drug-likeness (QED) is 0.637. The van der Waals surface area contributed by atoms with Crippen LogP contribution in [0.2, 0.25) is 0 Å². The third-order valence-electron chi connectivity index (χ3n) is 2.30. The number of halogens is 1. The summed E-state index contributed by atoms with van der Waals surface area (Å²) in [5.41, 5.74) is 5.51. The van der Waals surface area contributed by atoms with Crippen LogP contribution in [-0.4, -0.2) is 56.2 Å². The Balaban J connectivity index is 0.00000225. The van der Waals surface area contributed by atoms with E-state index in [1.165, 1.54) is 0 Å². The highest BCUT2D eigenvalue weighted by atomic mass is 35.5. The summed E-state index contributed by atoms with van der Waals surface area (Å²) in [5.74, 6) is 0.0209. The predicted molar refractivity (Wildman–Crippen MR) is 65.7 cm³/mol. The number of carbonyl (C=O) groups is 1. The van der Waals surface area contributed by atoms with Crippen LogP contribution in [0.15, 0.2) is 12.7 Å². The number of nitrogens with one attached hydrogen (secondary N) is 1. The average Bonchev–Trinajstić information content (AvgIpc) is 2.26. The van der Waals surface area contributed by atoms with Crippen molar-refractivity contribution in [3.8, 4) is 0 Å². The van der Waals surface area contributed by atoms with Crippen LogP contribution in [0.5, 0.6) is 0 Å². The fraction of sp³-hybridized carbons (Fsp3) is 0.700.